The Balaban J connectivity index is 1.87. The highest BCUT2D eigenvalue weighted by Gasteiger charge is 2.19. The van der Waals surface area contributed by atoms with Gasteiger partial charge in [-0.15, -0.1) is 0 Å². The molecule has 1 fully saturated rings. The summed E-state index contributed by atoms with van der Waals surface area (Å²) in [5, 5.41) is 5.11. The lowest BCUT2D eigenvalue weighted by Crippen LogP contribution is -2.48. The van der Waals surface area contributed by atoms with Crippen LogP contribution in [0.3, 0.4) is 0 Å². The summed E-state index contributed by atoms with van der Waals surface area (Å²) in [5.41, 5.74) is 1.99. The van der Waals surface area contributed by atoms with E-state index in [1.165, 1.54) is 0 Å². The van der Waals surface area contributed by atoms with Gasteiger partial charge in [0.1, 0.15) is 5.58 Å². The van der Waals surface area contributed by atoms with Gasteiger partial charge in [-0.25, -0.2) is 0 Å². The van der Waals surface area contributed by atoms with Crippen LogP contribution in [0.1, 0.15) is 12.5 Å². The van der Waals surface area contributed by atoms with Crippen molar-refractivity contribution in [2.45, 2.75) is 19.5 Å². The lowest BCUT2D eigenvalue weighted by molar-refractivity contribution is 0.200. The quantitative estimate of drug-likeness (QED) is 0.904. The summed E-state index contributed by atoms with van der Waals surface area (Å²) in [6, 6.07) is 8.57. The van der Waals surface area contributed by atoms with Crippen molar-refractivity contribution in [2.24, 2.45) is 0 Å². The van der Waals surface area contributed by atoms with Crippen LogP contribution >= 0.6 is 11.6 Å². The van der Waals surface area contributed by atoms with E-state index in [0.29, 0.717) is 11.3 Å². The molecule has 1 saturated heterocycles. The van der Waals surface area contributed by atoms with E-state index in [2.05, 4.69) is 23.2 Å². The van der Waals surface area contributed by atoms with Crippen LogP contribution in [-0.2, 0) is 6.54 Å². The van der Waals surface area contributed by atoms with E-state index in [4.69, 9.17) is 16.0 Å². The van der Waals surface area contributed by atoms with Crippen molar-refractivity contribution in [3.63, 3.8) is 0 Å². The third-order valence-electron chi connectivity index (χ3n) is 3.48. The number of para-hydroxylation sites is 1. The van der Waals surface area contributed by atoms with Gasteiger partial charge in [0.25, 0.3) is 0 Å². The van der Waals surface area contributed by atoms with Crippen molar-refractivity contribution in [3.8, 4) is 0 Å². The number of piperazine rings is 1. The molecule has 0 spiro atoms. The highest BCUT2D eigenvalue weighted by Crippen LogP contribution is 2.30. The number of rotatable bonds is 2. The van der Waals surface area contributed by atoms with E-state index >= 15 is 0 Å². The summed E-state index contributed by atoms with van der Waals surface area (Å²) in [4.78, 5) is 2.42. The number of fused-ring (bicyclic) bond motifs is 1. The van der Waals surface area contributed by atoms with Gasteiger partial charge in [0.15, 0.2) is 5.22 Å². The number of hydrogen-bond donors (Lipinski definition) is 1. The summed E-state index contributed by atoms with van der Waals surface area (Å²) in [5.74, 6) is 0. The highest BCUT2D eigenvalue weighted by atomic mass is 35.5. The largest absolute Gasteiger partial charge is 0.444 e. The van der Waals surface area contributed by atoms with Gasteiger partial charge in [-0.1, -0.05) is 18.2 Å². The average Bonchev–Trinajstić information content (AvgIpc) is 2.66. The lowest BCUT2D eigenvalue weighted by Gasteiger charge is -2.31. The van der Waals surface area contributed by atoms with Crippen LogP contribution in [0.2, 0.25) is 5.22 Å². The molecule has 2 aromatic rings. The van der Waals surface area contributed by atoms with Crippen LogP contribution in [0, 0.1) is 0 Å². The first kappa shape index (κ1) is 12.0. The zero-order valence-electron chi connectivity index (χ0n) is 10.4. The monoisotopic (exact) mass is 264 g/mol. The van der Waals surface area contributed by atoms with E-state index < -0.39 is 0 Å². The lowest BCUT2D eigenvalue weighted by atomic mass is 10.1. The number of nitrogens with one attached hydrogen (secondary N) is 1. The van der Waals surface area contributed by atoms with E-state index in [1.807, 2.05) is 18.2 Å². The molecule has 0 bridgehead atoms. The molecule has 0 amide bonds. The highest BCUT2D eigenvalue weighted by molar-refractivity contribution is 6.30. The van der Waals surface area contributed by atoms with Gasteiger partial charge in [0.2, 0.25) is 0 Å². The van der Waals surface area contributed by atoms with E-state index in [-0.39, 0.29) is 0 Å². The Hall–Kier alpha value is -1.03. The minimum Gasteiger partial charge on any atom is -0.444 e. The molecule has 1 aliphatic rings. The molecule has 1 N–H and O–H groups in total. The average molecular weight is 265 g/mol. The predicted octanol–water partition coefficient (Wildman–Crippen LogP) is 2.88. The standard InChI is InChI=1S/C14H17ClN2O/c1-10-8-17(7-6-16-10)9-12-11-4-2-3-5-13(11)18-14(12)15/h2-5,10,16H,6-9H2,1H3/t10-/m1/s1. The van der Waals surface area contributed by atoms with Crippen LogP contribution in [-0.4, -0.2) is 30.6 Å². The molecular formula is C14H17ClN2O. The Kier molecular flexibility index (Phi) is 3.29. The number of hydrogen-bond acceptors (Lipinski definition) is 3. The van der Waals surface area contributed by atoms with Crippen LogP contribution in [0.15, 0.2) is 28.7 Å². The summed E-state index contributed by atoms with van der Waals surface area (Å²) in [7, 11) is 0. The maximum Gasteiger partial charge on any atom is 0.199 e. The van der Waals surface area contributed by atoms with Crippen molar-refractivity contribution in [1.29, 1.82) is 0 Å². The molecule has 1 aromatic heterocycles. The first-order valence-electron chi connectivity index (χ1n) is 6.35. The molecule has 0 saturated carbocycles. The fraction of sp³-hybridized carbons (Fsp3) is 0.429. The van der Waals surface area contributed by atoms with E-state index in [1.54, 1.807) is 0 Å². The maximum absolute atomic E-state index is 6.21. The first-order chi connectivity index (χ1) is 8.74. The third kappa shape index (κ3) is 2.26. The van der Waals surface area contributed by atoms with Crippen LogP contribution < -0.4 is 5.32 Å². The van der Waals surface area contributed by atoms with Gasteiger partial charge < -0.3 is 9.73 Å². The van der Waals surface area contributed by atoms with Gasteiger partial charge in [-0.05, 0) is 24.6 Å². The number of furan rings is 1. The second-order valence-corrected chi connectivity index (χ2v) is 5.28. The van der Waals surface area contributed by atoms with Gasteiger partial charge in [-0.2, -0.15) is 0 Å². The Bertz CT molecular complexity index is 552. The second kappa shape index (κ2) is 4.92. The van der Waals surface area contributed by atoms with Crippen molar-refractivity contribution in [2.75, 3.05) is 19.6 Å². The fourth-order valence-electron chi connectivity index (χ4n) is 2.60. The molecule has 3 rings (SSSR count). The molecule has 96 valence electrons. The molecule has 2 heterocycles. The number of nitrogens with zero attached hydrogens (tertiary/aromatic N) is 1. The Morgan fingerprint density at radius 2 is 2.28 bits per heavy atom. The number of halogens is 1. The zero-order chi connectivity index (χ0) is 12.5. The Morgan fingerprint density at radius 1 is 1.44 bits per heavy atom. The molecule has 0 radical (unpaired) electrons. The van der Waals surface area contributed by atoms with Crippen molar-refractivity contribution in [3.05, 3.63) is 35.0 Å². The van der Waals surface area contributed by atoms with Crippen molar-refractivity contribution >= 4 is 22.6 Å². The van der Waals surface area contributed by atoms with Crippen LogP contribution in [0.25, 0.3) is 11.0 Å². The molecule has 1 aliphatic heterocycles. The van der Waals surface area contributed by atoms with Gasteiger partial charge in [0.05, 0.1) is 0 Å². The molecule has 18 heavy (non-hydrogen) atoms. The molecular weight excluding hydrogens is 248 g/mol. The van der Waals surface area contributed by atoms with E-state index in [0.717, 1.165) is 42.7 Å². The van der Waals surface area contributed by atoms with Gasteiger partial charge in [0, 0.05) is 43.2 Å². The number of benzene rings is 1. The normalized spacial score (nSPS) is 21.6. The minimum absolute atomic E-state index is 0.530. The van der Waals surface area contributed by atoms with Gasteiger partial charge >= 0.3 is 0 Å². The maximum atomic E-state index is 6.21. The molecule has 4 heteroatoms. The second-order valence-electron chi connectivity index (χ2n) is 4.94. The molecule has 0 aliphatic carbocycles. The smallest absolute Gasteiger partial charge is 0.199 e. The molecule has 3 nitrogen and oxygen atoms in total. The van der Waals surface area contributed by atoms with Crippen LogP contribution in [0.5, 0.6) is 0 Å². The molecule has 1 atom stereocenters. The summed E-state index contributed by atoms with van der Waals surface area (Å²) < 4.78 is 5.59. The molecule has 1 aromatic carbocycles. The SMILES string of the molecule is C[C@@H]1CN(Cc2c(Cl)oc3ccccc23)CCN1. The fourth-order valence-corrected chi connectivity index (χ4v) is 2.84. The van der Waals surface area contributed by atoms with Gasteiger partial charge in [-0.3, -0.25) is 4.90 Å². The molecule has 0 unspecified atom stereocenters. The Morgan fingerprint density at radius 3 is 3.11 bits per heavy atom. The summed E-state index contributed by atoms with van der Waals surface area (Å²) >= 11 is 6.21. The Labute approximate surface area is 112 Å². The zero-order valence-corrected chi connectivity index (χ0v) is 11.2. The predicted molar refractivity (Wildman–Crippen MR) is 74.0 cm³/mol. The minimum atomic E-state index is 0.530. The topological polar surface area (TPSA) is 28.4 Å². The first-order valence-corrected chi connectivity index (χ1v) is 6.73. The van der Waals surface area contributed by atoms with Crippen molar-refractivity contribution < 1.29 is 4.42 Å². The summed E-state index contributed by atoms with van der Waals surface area (Å²) in [6.45, 7) is 6.22. The van der Waals surface area contributed by atoms with E-state index in [9.17, 15) is 0 Å². The van der Waals surface area contributed by atoms with Crippen molar-refractivity contribution in [1.82, 2.24) is 10.2 Å². The third-order valence-corrected chi connectivity index (χ3v) is 3.79. The van der Waals surface area contributed by atoms with Crippen LogP contribution in [0.4, 0.5) is 0 Å². The summed E-state index contributed by atoms with van der Waals surface area (Å²) in [6.07, 6.45) is 0.